The number of rotatable bonds is 3. The number of nitrogens with one attached hydrogen (secondary N) is 1. The summed E-state index contributed by atoms with van der Waals surface area (Å²) in [7, 11) is 0. The molecule has 1 fully saturated rings. The quantitative estimate of drug-likeness (QED) is 0.773. The Balaban J connectivity index is 1.79. The second-order valence-corrected chi connectivity index (χ2v) is 4.60. The monoisotopic (exact) mass is 197 g/mol. The Morgan fingerprint density at radius 1 is 1.54 bits per heavy atom. The lowest BCUT2D eigenvalue weighted by molar-refractivity contribution is 0.149. The molecule has 1 saturated carbocycles. The van der Waals surface area contributed by atoms with Crippen LogP contribution in [0.25, 0.3) is 0 Å². The normalized spacial score (nSPS) is 28.1. The second kappa shape index (κ2) is 4.22. The van der Waals surface area contributed by atoms with Crippen LogP contribution in [0.1, 0.15) is 24.1 Å². The SMILES string of the molecule is O[C@@H]1CCC[C@H]1NCc1cccs1. The zero-order valence-corrected chi connectivity index (χ0v) is 8.39. The van der Waals surface area contributed by atoms with Gasteiger partial charge < -0.3 is 10.4 Å². The molecule has 1 aliphatic rings. The van der Waals surface area contributed by atoms with E-state index in [1.807, 2.05) is 0 Å². The van der Waals surface area contributed by atoms with Gasteiger partial charge in [0.15, 0.2) is 0 Å². The molecule has 0 bridgehead atoms. The Labute approximate surface area is 82.6 Å². The van der Waals surface area contributed by atoms with Crippen molar-refractivity contribution in [3.8, 4) is 0 Å². The highest BCUT2D eigenvalue weighted by Crippen LogP contribution is 2.19. The van der Waals surface area contributed by atoms with E-state index in [0.29, 0.717) is 6.04 Å². The number of hydrogen-bond acceptors (Lipinski definition) is 3. The molecule has 2 rings (SSSR count). The molecule has 1 aromatic heterocycles. The maximum Gasteiger partial charge on any atom is 0.0693 e. The number of thiophene rings is 1. The minimum atomic E-state index is -0.125. The van der Waals surface area contributed by atoms with Crippen molar-refractivity contribution in [1.82, 2.24) is 5.32 Å². The number of aliphatic hydroxyl groups excluding tert-OH is 1. The molecule has 2 atom stereocenters. The third-order valence-corrected chi connectivity index (χ3v) is 3.47. The van der Waals surface area contributed by atoms with Gasteiger partial charge in [-0.2, -0.15) is 0 Å². The van der Waals surface area contributed by atoms with E-state index in [0.717, 1.165) is 25.8 Å². The summed E-state index contributed by atoms with van der Waals surface area (Å²) in [5.41, 5.74) is 0. The highest BCUT2D eigenvalue weighted by Gasteiger charge is 2.24. The van der Waals surface area contributed by atoms with E-state index in [-0.39, 0.29) is 6.10 Å². The number of hydrogen-bond donors (Lipinski definition) is 2. The Hall–Kier alpha value is -0.380. The topological polar surface area (TPSA) is 32.3 Å². The first-order chi connectivity index (χ1) is 6.36. The van der Waals surface area contributed by atoms with Crippen LogP contribution in [0.4, 0.5) is 0 Å². The molecule has 13 heavy (non-hydrogen) atoms. The zero-order chi connectivity index (χ0) is 9.10. The summed E-state index contributed by atoms with van der Waals surface area (Å²) >= 11 is 1.76. The Bertz CT molecular complexity index is 247. The molecule has 0 saturated heterocycles. The van der Waals surface area contributed by atoms with Gasteiger partial charge in [0.1, 0.15) is 0 Å². The molecule has 0 radical (unpaired) electrons. The van der Waals surface area contributed by atoms with Gasteiger partial charge in [0.2, 0.25) is 0 Å². The maximum atomic E-state index is 9.56. The molecule has 1 heterocycles. The Morgan fingerprint density at radius 2 is 2.46 bits per heavy atom. The Kier molecular flexibility index (Phi) is 2.98. The third-order valence-electron chi connectivity index (χ3n) is 2.60. The average molecular weight is 197 g/mol. The molecule has 2 nitrogen and oxygen atoms in total. The summed E-state index contributed by atoms with van der Waals surface area (Å²) < 4.78 is 0. The van der Waals surface area contributed by atoms with Gasteiger partial charge in [-0.1, -0.05) is 6.07 Å². The molecule has 0 aliphatic heterocycles. The van der Waals surface area contributed by atoms with E-state index >= 15 is 0 Å². The molecule has 1 aromatic rings. The summed E-state index contributed by atoms with van der Waals surface area (Å²) in [6, 6.07) is 4.51. The van der Waals surface area contributed by atoms with Crippen LogP contribution in [0.5, 0.6) is 0 Å². The first-order valence-electron chi connectivity index (χ1n) is 4.80. The van der Waals surface area contributed by atoms with Crippen LogP contribution < -0.4 is 5.32 Å². The van der Waals surface area contributed by atoms with Crippen molar-refractivity contribution in [3.05, 3.63) is 22.4 Å². The van der Waals surface area contributed by atoms with Crippen LogP contribution in [-0.2, 0) is 6.54 Å². The molecular weight excluding hydrogens is 182 g/mol. The predicted octanol–water partition coefficient (Wildman–Crippen LogP) is 1.75. The van der Waals surface area contributed by atoms with Crippen LogP contribution in [0.15, 0.2) is 17.5 Å². The fraction of sp³-hybridized carbons (Fsp3) is 0.600. The first kappa shape index (κ1) is 9.19. The lowest BCUT2D eigenvalue weighted by Gasteiger charge is -2.15. The smallest absolute Gasteiger partial charge is 0.0693 e. The van der Waals surface area contributed by atoms with Gasteiger partial charge >= 0.3 is 0 Å². The molecule has 3 heteroatoms. The van der Waals surface area contributed by atoms with Gasteiger partial charge in [-0.05, 0) is 30.7 Å². The number of aliphatic hydroxyl groups is 1. The van der Waals surface area contributed by atoms with E-state index in [2.05, 4.69) is 22.8 Å². The van der Waals surface area contributed by atoms with E-state index < -0.39 is 0 Å². The fourth-order valence-electron chi connectivity index (χ4n) is 1.82. The van der Waals surface area contributed by atoms with E-state index in [1.54, 1.807) is 11.3 Å². The standard InChI is InChI=1S/C10H15NOS/c12-10-5-1-4-9(10)11-7-8-3-2-6-13-8/h2-3,6,9-12H,1,4-5,7H2/t9-,10-/m1/s1. The fourth-order valence-corrected chi connectivity index (χ4v) is 2.48. The summed E-state index contributed by atoms with van der Waals surface area (Å²) in [5.74, 6) is 0. The van der Waals surface area contributed by atoms with Crippen molar-refractivity contribution in [2.75, 3.05) is 0 Å². The Morgan fingerprint density at radius 3 is 3.08 bits per heavy atom. The third kappa shape index (κ3) is 2.30. The van der Waals surface area contributed by atoms with Crippen LogP contribution >= 0.6 is 11.3 Å². The van der Waals surface area contributed by atoms with Crippen molar-refractivity contribution in [2.45, 2.75) is 38.0 Å². The first-order valence-corrected chi connectivity index (χ1v) is 5.68. The van der Waals surface area contributed by atoms with Crippen molar-refractivity contribution in [2.24, 2.45) is 0 Å². The minimum Gasteiger partial charge on any atom is -0.392 e. The molecular formula is C10H15NOS. The molecule has 0 unspecified atom stereocenters. The summed E-state index contributed by atoms with van der Waals surface area (Å²) in [4.78, 5) is 1.35. The second-order valence-electron chi connectivity index (χ2n) is 3.57. The minimum absolute atomic E-state index is 0.125. The highest BCUT2D eigenvalue weighted by molar-refractivity contribution is 7.09. The lowest BCUT2D eigenvalue weighted by Crippen LogP contribution is -2.34. The van der Waals surface area contributed by atoms with Crippen LogP contribution in [0, 0.1) is 0 Å². The molecule has 0 aromatic carbocycles. The van der Waals surface area contributed by atoms with Gasteiger partial charge in [0.05, 0.1) is 6.10 Å². The lowest BCUT2D eigenvalue weighted by atomic mass is 10.2. The highest BCUT2D eigenvalue weighted by atomic mass is 32.1. The van der Waals surface area contributed by atoms with Gasteiger partial charge in [0.25, 0.3) is 0 Å². The van der Waals surface area contributed by atoms with Crippen LogP contribution in [-0.4, -0.2) is 17.3 Å². The van der Waals surface area contributed by atoms with Gasteiger partial charge in [-0.15, -0.1) is 11.3 Å². The predicted molar refractivity (Wildman–Crippen MR) is 54.8 cm³/mol. The van der Waals surface area contributed by atoms with Crippen LogP contribution in [0.2, 0.25) is 0 Å². The van der Waals surface area contributed by atoms with Gasteiger partial charge in [0, 0.05) is 17.5 Å². The van der Waals surface area contributed by atoms with Crippen LogP contribution in [0.3, 0.4) is 0 Å². The molecule has 2 N–H and O–H groups in total. The summed E-state index contributed by atoms with van der Waals surface area (Å²) in [6.45, 7) is 0.902. The molecule has 1 aliphatic carbocycles. The van der Waals surface area contributed by atoms with Gasteiger partial charge in [-0.3, -0.25) is 0 Å². The molecule has 72 valence electrons. The van der Waals surface area contributed by atoms with Crippen molar-refractivity contribution in [3.63, 3.8) is 0 Å². The largest absolute Gasteiger partial charge is 0.392 e. The van der Waals surface area contributed by atoms with E-state index in [9.17, 15) is 5.11 Å². The van der Waals surface area contributed by atoms with E-state index in [4.69, 9.17) is 0 Å². The zero-order valence-electron chi connectivity index (χ0n) is 7.57. The van der Waals surface area contributed by atoms with Gasteiger partial charge in [-0.25, -0.2) is 0 Å². The van der Waals surface area contributed by atoms with Crippen molar-refractivity contribution in [1.29, 1.82) is 0 Å². The van der Waals surface area contributed by atoms with Crippen molar-refractivity contribution < 1.29 is 5.11 Å². The van der Waals surface area contributed by atoms with Crippen molar-refractivity contribution >= 4 is 11.3 Å². The molecule has 0 spiro atoms. The average Bonchev–Trinajstić information content (AvgIpc) is 2.72. The maximum absolute atomic E-state index is 9.56. The summed E-state index contributed by atoms with van der Waals surface area (Å²) in [5, 5.41) is 15.0. The molecule has 0 amide bonds. The summed E-state index contributed by atoms with van der Waals surface area (Å²) in [6.07, 6.45) is 3.11. The van der Waals surface area contributed by atoms with E-state index in [1.165, 1.54) is 4.88 Å².